The predicted molar refractivity (Wildman–Crippen MR) is 213 cm³/mol. The molecule has 53 heavy (non-hydrogen) atoms. The van der Waals surface area contributed by atoms with E-state index < -0.39 is 42.4 Å². The number of allylic oxidation sites excluding steroid dienone is 6. The summed E-state index contributed by atoms with van der Waals surface area (Å²) in [7, 11) is 0. The van der Waals surface area contributed by atoms with Crippen LogP contribution in [0.5, 0.6) is 0 Å². The lowest BCUT2D eigenvalue weighted by Crippen LogP contribution is -2.55. The van der Waals surface area contributed by atoms with Crippen molar-refractivity contribution in [2.75, 3.05) is 19.8 Å². The molecule has 1 aliphatic carbocycles. The zero-order chi connectivity index (χ0) is 38.8. The first kappa shape index (κ1) is 49.0. The molecule has 308 valence electrons. The molecule has 0 aromatic heterocycles. The van der Waals surface area contributed by atoms with Gasteiger partial charge in [-0.25, -0.2) is 0 Å². The predicted octanol–water partition coefficient (Wildman–Crippen LogP) is 8.99. The van der Waals surface area contributed by atoms with Crippen molar-refractivity contribution in [3.8, 4) is 0 Å². The summed E-state index contributed by atoms with van der Waals surface area (Å²) in [6.07, 6.45) is 32.9. The highest BCUT2D eigenvalue weighted by Crippen LogP contribution is 2.28. The van der Waals surface area contributed by atoms with Crippen LogP contribution in [0.25, 0.3) is 0 Å². The molecule has 9 heteroatoms. The minimum Gasteiger partial charge on any atom is -0.462 e. The average Bonchev–Trinajstić information content (AvgIpc) is 3.15. The van der Waals surface area contributed by atoms with Gasteiger partial charge >= 0.3 is 11.9 Å². The molecular formula is C44H78O9. The zero-order valence-electron chi connectivity index (χ0n) is 33.6. The van der Waals surface area contributed by atoms with Gasteiger partial charge in [-0.2, -0.15) is 0 Å². The maximum atomic E-state index is 12.7. The third-order valence-corrected chi connectivity index (χ3v) is 10.0. The van der Waals surface area contributed by atoms with Crippen LogP contribution in [0.3, 0.4) is 0 Å². The number of carbonyl (C=O) groups is 2. The quantitative estimate of drug-likeness (QED) is 0.0288. The molecule has 0 amide bonds. The molecule has 0 saturated heterocycles. The molecule has 0 heterocycles. The molecule has 4 N–H and O–H groups in total. The number of esters is 2. The Labute approximate surface area is 322 Å². The Bertz CT molecular complexity index is 963. The molecule has 1 aliphatic rings. The Hall–Kier alpha value is -2.04. The first-order valence-electron chi connectivity index (χ1n) is 21.4. The Morgan fingerprint density at radius 2 is 1.09 bits per heavy atom. The van der Waals surface area contributed by atoms with Crippen molar-refractivity contribution >= 4 is 11.9 Å². The molecule has 1 saturated carbocycles. The van der Waals surface area contributed by atoms with E-state index in [-0.39, 0.29) is 45.1 Å². The lowest BCUT2D eigenvalue weighted by Gasteiger charge is -2.39. The fraction of sp³-hybridized carbons (Fsp3) is 0.818. The maximum Gasteiger partial charge on any atom is 0.306 e. The van der Waals surface area contributed by atoms with Crippen molar-refractivity contribution in [2.24, 2.45) is 5.92 Å². The van der Waals surface area contributed by atoms with Crippen LogP contribution in [0.2, 0.25) is 0 Å². The first-order chi connectivity index (χ1) is 25.8. The normalized spacial score (nSPS) is 21.2. The van der Waals surface area contributed by atoms with Crippen LogP contribution in [0.15, 0.2) is 36.5 Å². The van der Waals surface area contributed by atoms with E-state index in [1.54, 1.807) is 0 Å². The summed E-state index contributed by atoms with van der Waals surface area (Å²) < 4.78 is 16.9. The zero-order valence-corrected chi connectivity index (χ0v) is 33.6. The van der Waals surface area contributed by atoms with Crippen LogP contribution < -0.4 is 0 Å². The lowest BCUT2D eigenvalue weighted by molar-refractivity contribution is -0.191. The summed E-state index contributed by atoms with van der Waals surface area (Å²) in [5, 5.41) is 40.4. The van der Waals surface area contributed by atoms with Crippen LogP contribution in [0.1, 0.15) is 174 Å². The molecule has 1 fully saturated rings. The Morgan fingerprint density at radius 3 is 1.70 bits per heavy atom. The summed E-state index contributed by atoms with van der Waals surface area (Å²) in [5.74, 6) is -1.47. The van der Waals surface area contributed by atoms with Crippen LogP contribution in [-0.2, 0) is 23.8 Å². The van der Waals surface area contributed by atoms with Gasteiger partial charge in [0.25, 0.3) is 0 Å². The minimum atomic E-state index is -1.48. The molecule has 0 aliphatic heterocycles. The molecule has 9 nitrogen and oxygen atoms in total. The topological polar surface area (TPSA) is 143 Å². The summed E-state index contributed by atoms with van der Waals surface area (Å²) in [5.41, 5.74) is 0. The van der Waals surface area contributed by atoms with E-state index >= 15 is 0 Å². The van der Waals surface area contributed by atoms with Crippen molar-refractivity contribution in [1.82, 2.24) is 0 Å². The molecule has 1 rings (SSSR count). The van der Waals surface area contributed by atoms with Crippen molar-refractivity contribution in [1.29, 1.82) is 0 Å². The van der Waals surface area contributed by atoms with Gasteiger partial charge in [-0.15, -0.1) is 0 Å². The minimum absolute atomic E-state index is 0.118. The molecule has 6 atom stereocenters. The van der Waals surface area contributed by atoms with Crippen molar-refractivity contribution in [2.45, 2.75) is 205 Å². The number of hydrogen-bond donors (Lipinski definition) is 4. The highest BCUT2D eigenvalue weighted by atomic mass is 16.6. The molecule has 0 unspecified atom stereocenters. The Morgan fingerprint density at radius 1 is 0.585 bits per heavy atom. The van der Waals surface area contributed by atoms with Crippen LogP contribution >= 0.6 is 0 Å². The van der Waals surface area contributed by atoms with Gasteiger partial charge < -0.3 is 34.6 Å². The first-order valence-corrected chi connectivity index (χ1v) is 21.4. The molecule has 0 aromatic rings. The Kier molecular flexibility index (Phi) is 31.8. The van der Waals surface area contributed by atoms with Crippen LogP contribution in [0.4, 0.5) is 0 Å². The third kappa shape index (κ3) is 26.4. The second-order valence-corrected chi connectivity index (χ2v) is 14.9. The SMILES string of the molecule is CCCCC/C=C\C/C=C\CCCCCCCC(=O)OC[C@H](CO[C@@H]1C[C@H](CO)[C@H](O)[C@H](O)[C@H]1O)OC(=O)CC/C=C\CCCCCCCCCCC. The monoisotopic (exact) mass is 751 g/mol. The number of unbranched alkanes of at least 4 members (excludes halogenated alkanes) is 17. The van der Waals surface area contributed by atoms with Crippen molar-refractivity contribution < 1.29 is 44.2 Å². The largest absolute Gasteiger partial charge is 0.462 e. The standard InChI is InChI=1S/C44H78O9/c1-3-5-7-9-11-13-15-17-18-20-21-23-25-27-29-31-40(46)52-36-38(35-51-39-33-37(34-45)42(48)44(50)43(39)49)53-41(47)32-30-28-26-24-22-19-16-14-12-10-8-6-4-2/h11,13,17-18,26,28,37-39,42-45,48-50H,3-10,12,14-16,19-25,27,29-36H2,1-2H3/b13-11-,18-17-,28-26-/t37-,38+,39-,42+,43+,44+/m1/s1. The van der Waals surface area contributed by atoms with Gasteiger partial charge in [-0.05, 0) is 64.2 Å². The summed E-state index contributed by atoms with van der Waals surface area (Å²) >= 11 is 0. The summed E-state index contributed by atoms with van der Waals surface area (Å²) in [6.45, 7) is 3.74. The van der Waals surface area contributed by atoms with Gasteiger partial charge in [0.2, 0.25) is 0 Å². The number of aliphatic hydroxyl groups excluding tert-OH is 4. The second kappa shape index (κ2) is 34.5. The second-order valence-electron chi connectivity index (χ2n) is 14.9. The summed E-state index contributed by atoms with van der Waals surface area (Å²) in [4.78, 5) is 25.3. The van der Waals surface area contributed by atoms with Crippen molar-refractivity contribution in [3.63, 3.8) is 0 Å². The van der Waals surface area contributed by atoms with Gasteiger partial charge in [-0.1, -0.05) is 134 Å². The summed E-state index contributed by atoms with van der Waals surface area (Å²) in [6, 6.07) is 0. The molecule has 0 radical (unpaired) electrons. The third-order valence-electron chi connectivity index (χ3n) is 10.0. The van der Waals surface area contributed by atoms with E-state index in [9.17, 15) is 30.0 Å². The van der Waals surface area contributed by atoms with E-state index in [1.807, 2.05) is 6.08 Å². The van der Waals surface area contributed by atoms with E-state index in [1.165, 1.54) is 77.0 Å². The number of ether oxygens (including phenoxy) is 3. The molecule has 0 spiro atoms. The Balaban J connectivity index is 2.39. The van der Waals surface area contributed by atoms with E-state index in [0.717, 1.165) is 57.8 Å². The van der Waals surface area contributed by atoms with Gasteiger partial charge in [0.15, 0.2) is 6.10 Å². The number of hydrogen-bond acceptors (Lipinski definition) is 9. The molecule has 0 bridgehead atoms. The fourth-order valence-electron chi connectivity index (χ4n) is 6.57. The smallest absolute Gasteiger partial charge is 0.306 e. The van der Waals surface area contributed by atoms with E-state index in [0.29, 0.717) is 6.42 Å². The van der Waals surface area contributed by atoms with Crippen molar-refractivity contribution in [3.05, 3.63) is 36.5 Å². The average molecular weight is 751 g/mol. The molecular weight excluding hydrogens is 672 g/mol. The highest BCUT2D eigenvalue weighted by molar-refractivity contribution is 5.70. The number of rotatable bonds is 34. The lowest BCUT2D eigenvalue weighted by atomic mass is 9.81. The van der Waals surface area contributed by atoms with E-state index in [2.05, 4.69) is 44.2 Å². The number of aliphatic hydroxyl groups is 4. The van der Waals surface area contributed by atoms with Crippen LogP contribution in [-0.4, -0.2) is 82.7 Å². The highest BCUT2D eigenvalue weighted by Gasteiger charge is 2.43. The van der Waals surface area contributed by atoms with Gasteiger partial charge in [0, 0.05) is 25.4 Å². The van der Waals surface area contributed by atoms with E-state index in [4.69, 9.17) is 14.2 Å². The fourth-order valence-corrected chi connectivity index (χ4v) is 6.57. The van der Waals surface area contributed by atoms with Gasteiger partial charge in [0.1, 0.15) is 18.8 Å². The number of carbonyl (C=O) groups excluding carboxylic acids is 2. The maximum absolute atomic E-state index is 12.7. The van der Waals surface area contributed by atoms with Gasteiger partial charge in [-0.3, -0.25) is 9.59 Å². The van der Waals surface area contributed by atoms with Crippen LogP contribution in [0, 0.1) is 5.92 Å². The van der Waals surface area contributed by atoms with Gasteiger partial charge in [0.05, 0.1) is 18.8 Å². The molecule has 0 aromatic carbocycles.